The van der Waals surface area contributed by atoms with Crippen molar-refractivity contribution in [1.29, 1.82) is 0 Å². The van der Waals surface area contributed by atoms with E-state index in [1.807, 2.05) is 0 Å². The van der Waals surface area contributed by atoms with Crippen molar-refractivity contribution in [2.45, 2.75) is 45.4 Å². The maximum absolute atomic E-state index is 11.8. The maximum atomic E-state index is 11.8. The summed E-state index contributed by atoms with van der Waals surface area (Å²) in [5.41, 5.74) is 0. The van der Waals surface area contributed by atoms with E-state index in [-0.39, 0.29) is 5.92 Å². The van der Waals surface area contributed by atoms with Crippen molar-refractivity contribution in [3.05, 3.63) is 0 Å². The van der Waals surface area contributed by atoms with Crippen LogP contribution in [-0.4, -0.2) is 41.9 Å². The molecule has 0 fully saturated rings. The van der Waals surface area contributed by atoms with Crippen LogP contribution >= 0.6 is 0 Å². The molecule has 0 heterocycles. The van der Waals surface area contributed by atoms with Crippen molar-refractivity contribution in [3.8, 4) is 0 Å². The minimum Gasteiger partial charge on any atom is -0.480 e. The molecule has 1 amide bonds. The third-order valence-electron chi connectivity index (χ3n) is 2.50. The Labute approximate surface area is 108 Å². The molecule has 0 unspecified atom stereocenters. The number of carboxylic acid groups (broad SMARTS) is 1. The van der Waals surface area contributed by atoms with Crippen molar-refractivity contribution in [3.63, 3.8) is 0 Å². The van der Waals surface area contributed by atoms with Crippen LogP contribution in [0, 0.1) is 5.92 Å². The summed E-state index contributed by atoms with van der Waals surface area (Å²) in [4.78, 5) is 22.4. The standard InChI is InChI=1S/C11H21NO5S/c1-7(2)9(10(14)15)12-8(13)6-18(16,17)11(3,4)5/h7,9H,6H2,1-5H3,(H,12,13)(H,14,15)/t9-/m0/s1. The second kappa shape index (κ2) is 5.69. The molecular weight excluding hydrogens is 258 g/mol. The van der Waals surface area contributed by atoms with Crippen LogP contribution in [0.1, 0.15) is 34.6 Å². The second-order valence-electron chi connectivity index (χ2n) is 5.50. The fourth-order valence-corrected chi connectivity index (χ4v) is 1.98. The minimum absolute atomic E-state index is 0.316. The molecule has 0 spiro atoms. The summed E-state index contributed by atoms with van der Waals surface area (Å²) < 4.78 is 22.5. The van der Waals surface area contributed by atoms with Crippen molar-refractivity contribution < 1.29 is 23.1 Å². The first-order valence-corrected chi connectivity index (χ1v) is 7.28. The molecule has 0 aliphatic carbocycles. The van der Waals surface area contributed by atoms with Crippen LogP contribution in [0.2, 0.25) is 0 Å². The predicted molar refractivity (Wildman–Crippen MR) is 67.9 cm³/mol. The van der Waals surface area contributed by atoms with Gasteiger partial charge in [0.1, 0.15) is 11.8 Å². The maximum Gasteiger partial charge on any atom is 0.326 e. The Bertz CT molecular complexity index is 419. The van der Waals surface area contributed by atoms with Crippen LogP contribution in [0.15, 0.2) is 0 Å². The molecule has 18 heavy (non-hydrogen) atoms. The second-order valence-corrected chi connectivity index (χ2v) is 8.24. The zero-order valence-electron chi connectivity index (χ0n) is 11.4. The third kappa shape index (κ3) is 4.64. The number of sulfone groups is 1. The Morgan fingerprint density at radius 1 is 1.22 bits per heavy atom. The van der Waals surface area contributed by atoms with Crippen LogP contribution in [0.25, 0.3) is 0 Å². The number of amides is 1. The first kappa shape index (κ1) is 16.9. The number of aliphatic carboxylic acids is 1. The topological polar surface area (TPSA) is 101 Å². The molecule has 0 bridgehead atoms. The Kier molecular flexibility index (Phi) is 5.34. The van der Waals surface area contributed by atoms with Gasteiger partial charge in [-0.15, -0.1) is 0 Å². The molecule has 7 heteroatoms. The van der Waals surface area contributed by atoms with E-state index in [0.717, 1.165) is 0 Å². The fraction of sp³-hybridized carbons (Fsp3) is 0.818. The lowest BCUT2D eigenvalue weighted by atomic mass is 10.1. The predicted octanol–water partition coefficient (Wildman–Crippen LogP) is 0.425. The Morgan fingerprint density at radius 3 is 1.94 bits per heavy atom. The Hall–Kier alpha value is -1.11. The lowest BCUT2D eigenvalue weighted by molar-refractivity contribution is -0.142. The van der Waals surface area contributed by atoms with Gasteiger partial charge in [-0.1, -0.05) is 13.8 Å². The number of hydrogen-bond acceptors (Lipinski definition) is 4. The molecule has 0 aromatic rings. The molecule has 0 radical (unpaired) electrons. The van der Waals surface area contributed by atoms with Crippen LogP contribution in [0.4, 0.5) is 0 Å². The van der Waals surface area contributed by atoms with Crippen molar-refractivity contribution in [1.82, 2.24) is 5.32 Å². The normalized spacial score (nSPS) is 14.3. The van der Waals surface area contributed by atoms with Crippen LogP contribution < -0.4 is 5.32 Å². The highest BCUT2D eigenvalue weighted by atomic mass is 32.2. The minimum atomic E-state index is -3.60. The highest BCUT2D eigenvalue weighted by Crippen LogP contribution is 2.15. The van der Waals surface area contributed by atoms with Gasteiger partial charge in [0, 0.05) is 0 Å². The lowest BCUT2D eigenvalue weighted by Crippen LogP contribution is -2.47. The monoisotopic (exact) mass is 279 g/mol. The van der Waals surface area contributed by atoms with E-state index in [0.29, 0.717) is 0 Å². The van der Waals surface area contributed by atoms with Gasteiger partial charge in [0.25, 0.3) is 0 Å². The van der Waals surface area contributed by atoms with E-state index in [4.69, 9.17) is 5.11 Å². The van der Waals surface area contributed by atoms with Gasteiger partial charge in [0.05, 0.1) is 4.75 Å². The van der Waals surface area contributed by atoms with Gasteiger partial charge < -0.3 is 10.4 Å². The van der Waals surface area contributed by atoms with E-state index in [1.165, 1.54) is 20.8 Å². The van der Waals surface area contributed by atoms with E-state index in [1.54, 1.807) is 13.8 Å². The van der Waals surface area contributed by atoms with Crippen LogP contribution in [-0.2, 0) is 19.4 Å². The van der Waals surface area contributed by atoms with E-state index >= 15 is 0 Å². The molecule has 0 aliphatic rings. The molecule has 1 atom stereocenters. The number of carbonyl (C=O) groups excluding carboxylic acids is 1. The Morgan fingerprint density at radius 2 is 1.67 bits per heavy atom. The average Bonchev–Trinajstić information content (AvgIpc) is 2.10. The summed E-state index contributed by atoms with van der Waals surface area (Å²) in [6.45, 7) is 7.75. The summed E-state index contributed by atoms with van der Waals surface area (Å²) in [5.74, 6) is -2.98. The average molecular weight is 279 g/mol. The molecule has 6 nitrogen and oxygen atoms in total. The highest BCUT2D eigenvalue weighted by Gasteiger charge is 2.33. The van der Waals surface area contributed by atoms with Gasteiger partial charge in [-0.25, -0.2) is 13.2 Å². The van der Waals surface area contributed by atoms with E-state index < -0.39 is 38.3 Å². The van der Waals surface area contributed by atoms with Crippen molar-refractivity contribution >= 4 is 21.7 Å². The number of carbonyl (C=O) groups is 2. The van der Waals surface area contributed by atoms with Gasteiger partial charge in [0.15, 0.2) is 9.84 Å². The smallest absolute Gasteiger partial charge is 0.326 e. The van der Waals surface area contributed by atoms with Gasteiger partial charge in [0.2, 0.25) is 5.91 Å². The highest BCUT2D eigenvalue weighted by molar-refractivity contribution is 7.93. The lowest BCUT2D eigenvalue weighted by Gasteiger charge is -2.21. The molecular formula is C11H21NO5S. The van der Waals surface area contributed by atoms with Crippen LogP contribution in [0.5, 0.6) is 0 Å². The quantitative estimate of drug-likeness (QED) is 0.760. The molecule has 0 aromatic heterocycles. The molecule has 106 valence electrons. The first-order chi connectivity index (χ1) is 7.88. The molecule has 0 aromatic carbocycles. The van der Waals surface area contributed by atoms with Crippen molar-refractivity contribution in [2.75, 3.05) is 5.75 Å². The number of hydrogen-bond donors (Lipinski definition) is 2. The van der Waals surface area contributed by atoms with Gasteiger partial charge >= 0.3 is 5.97 Å². The van der Waals surface area contributed by atoms with Crippen molar-refractivity contribution in [2.24, 2.45) is 5.92 Å². The molecule has 0 aliphatic heterocycles. The third-order valence-corrected chi connectivity index (χ3v) is 5.01. The van der Waals surface area contributed by atoms with Gasteiger partial charge in [-0.2, -0.15) is 0 Å². The number of carboxylic acids is 1. The summed E-state index contributed by atoms with van der Waals surface area (Å²) in [5, 5.41) is 11.1. The van der Waals surface area contributed by atoms with E-state index in [9.17, 15) is 18.0 Å². The zero-order valence-corrected chi connectivity index (χ0v) is 12.2. The molecule has 0 rings (SSSR count). The molecule has 0 saturated carbocycles. The number of nitrogens with one attached hydrogen (secondary N) is 1. The molecule has 0 saturated heterocycles. The SMILES string of the molecule is CC(C)[C@H](NC(=O)CS(=O)(=O)C(C)(C)C)C(=O)O. The summed E-state index contributed by atoms with van der Waals surface area (Å²) in [6.07, 6.45) is 0. The largest absolute Gasteiger partial charge is 0.480 e. The summed E-state index contributed by atoms with van der Waals surface area (Å²) >= 11 is 0. The van der Waals surface area contributed by atoms with Gasteiger partial charge in [-0.3, -0.25) is 4.79 Å². The Balaban J connectivity index is 4.77. The zero-order chi connectivity index (χ0) is 14.7. The van der Waals surface area contributed by atoms with E-state index in [2.05, 4.69) is 5.32 Å². The van der Waals surface area contributed by atoms with Gasteiger partial charge in [-0.05, 0) is 26.7 Å². The van der Waals surface area contributed by atoms with Crippen LogP contribution in [0.3, 0.4) is 0 Å². The summed E-state index contributed by atoms with van der Waals surface area (Å²) in [7, 11) is -3.60. The summed E-state index contributed by atoms with van der Waals surface area (Å²) in [6, 6.07) is -1.08. The molecule has 2 N–H and O–H groups in total. The number of rotatable bonds is 5. The first-order valence-electron chi connectivity index (χ1n) is 5.63. The fourth-order valence-electron chi connectivity index (χ4n) is 1.12.